The van der Waals surface area contributed by atoms with Crippen LogP contribution < -0.4 is 0 Å². The fraction of sp³-hybridized carbons (Fsp3) is 0.867. The van der Waals surface area contributed by atoms with Crippen molar-refractivity contribution in [1.82, 2.24) is 4.90 Å². The number of methoxy groups -OCH3 is 1. The molecule has 5 nitrogen and oxygen atoms in total. The molecular formula is C15H22F3NO4. The van der Waals surface area contributed by atoms with Crippen LogP contribution in [0, 0.1) is 11.8 Å². The zero-order chi connectivity index (χ0) is 17.2. The summed E-state index contributed by atoms with van der Waals surface area (Å²) in [7, 11) is 1.47. The minimum atomic E-state index is -4.16. The molecule has 2 atom stereocenters. The number of carboxylic acids is 1. The van der Waals surface area contributed by atoms with Crippen LogP contribution in [-0.4, -0.2) is 53.9 Å². The third kappa shape index (κ3) is 4.37. The van der Waals surface area contributed by atoms with E-state index in [0.29, 0.717) is 12.8 Å². The third-order valence-electron chi connectivity index (χ3n) is 4.97. The summed E-state index contributed by atoms with van der Waals surface area (Å²) in [6.45, 7) is 0.226. The van der Waals surface area contributed by atoms with Crippen LogP contribution >= 0.6 is 0 Å². The van der Waals surface area contributed by atoms with E-state index < -0.39 is 24.1 Å². The number of aliphatic carboxylic acids is 1. The van der Waals surface area contributed by atoms with Gasteiger partial charge in [-0.25, -0.2) is 4.79 Å². The Bertz CT molecular complexity index is 446. The lowest BCUT2D eigenvalue weighted by Crippen LogP contribution is -2.41. The van der Waals surface area contributed by atoms with Crippen molar-refractivity contribution in [3.8, 4) is 0 Å². The number of hydrogen-bond donors (Lipinski definition) is 1. The third-order valence-corrected chi connectivity index (χ3v) is 4.97. The second-order valence-electron chi connectivity index (χ2n) is 6.46. The molecule has 2 unspecified atom stereocenters. The van der Waals surface area contributed by atoms with Crippen molar-refractivity contribution in [2.75, 3.05) is 13.7 Å². The summed E-state index contributed by atoms with van der Waals surface area (Å²) in [6, 6.07) is -0.904. The highest BCUT2D eigenvalue weighted by atomic mass is 19.4. The van der Waals surface area contributed by atoms with Crippen molar-refractivity contribution < 1.29 is 32.6 Å². The van der Waals surface area contributed by atoms with Crippen molar-refractivity contribution in [2.24, 2.45) is 11.8 Å². The molecular weight excluding hydrogens is 315 g/mol. The van der Waals surface area contributed by atoms with E-state index in [1.165, 1.54) is 12.0 Å². The molecule has 1 saturated heterocycles. The number of hydrogen-bond acceptors (Lipinski definition) is 3. The minimum Gasteiger partial charge on any atom is -0.480 e. The Morgan fingerprint density at radius 2 is 1.83 bits per heavy atom. The molecule has 1 aliphatic heterocycles. The van der Waals surface area contributed by atoms with E-state index in [1.54, 1.807) is 0 Å². The lowest BCUT2D eigenvalue weighted by Gasteiger charge is -2.31. The number of likely N-dealkylation sites (tertiary alicyclic amines) is 1. The zero-order valence-electron chi connectivity index (χ0n) is 13.0. The molecule has 132 valence electrons. The predicted octanol–water partition coefficient (Wildman–Crippen LogP) is 2.45. The first-order valence-electron chi connectivity index (χ1n) is 7.84. The molecule has 1 heterocycles. The van der Waals surface area contributed by atoms with Crippen molar-refractivity contribution in [1.29, 1.82) is 0 Å². The summed E-state index contributed by atoms with van der Waals surface area (Å²) in [5.74, 6) is -2.74. The van der Waals surface area contributed by atoms with E-state index in [-0.39, 0.29) is 50.2 Å². The molecule has 0 aromatic rings. The van der Waals surface area contributed by atoms with Crippen LogP contribution in [0.3, 0.4) is 0 Å². The maximum atomic E-state index is 12.6. The van der Waals surface area contributed by atoms with E-state index in [2.05, 4.69) is 0 Å². The van der Waals surface area contributed by atoms with Crippen molar-refractivity contribution in [3.63, 3.8) is 0 Å². The number of ether oxygens (including phenoxy) is 1. The lowest BCUT2D eigenvalue weighted by atomic mass is 9.80. The quantitative estimate of drug-likeness (QED) is 0.856. The molecule has 1 amide bonds. The summed E-state index contributed by atoms with van der Waals surface area (Å²) in [5.41, 5.74) is 0. The van der Waals surface area contributed by atoms with Crippen LogP contribution in [0.15, 0.2) is 0 Å². The summed E-state index contributed by atoms with van der Waals surface area (Å²) in [6.07, 6.45) is -3.30. The summed E-state index contributed by atoms with van der Waals surface area (Å²) in [5, 5.41) is 9.20. The number of carbonyl (C=O) groups is 2. The highest BCUT2D eigenvalue weighted by molar-refractivity contribution is 5.84. The first-order chi connectivity index (χ1) is 10.7. The Kier molecular flexibility index (Phi) is 5.54. The zero-order valence-corrected chi connectivity index (χ0v) is 13.0. The second kappa shape index (κ2) is 7.07. The van der Waals surface area contributed by atoms with Gasteiger partial charge in [-0.1, -0.05) is 0 Å². The van der Waals surface area contributed by atoms with Crippen molar-refractivity contribution >= 4 is 11.9 Å². The molecule has 0 aromatic carbocycles. The largest absolute Gasteiger partial charge is 0.480 e. The Hall–Kier alpha value is -1.31. The monoisotopic (exact) mass is 337 g/mol. The van der Waals surface area contributed by atoms with Gasteiger partial charge in [0.2, 0.25) is 5.91 Å². The predicted molar refractivity (Wildman–Crippen MR) is 74.7 cm³/mol. The number of rotatable bonds is 4. The van der Waals surface area contributed by atoms with Gasteiger partial charge in [0, 0.05) is 26.5 Å². The highest BCUT2D eigenvalue weighted by Gasteiger charge is 2.43. The van der Waals surface area contributed by atoms with Crippen LogP contribution in [0.25, 0.3) is 0 Å². The van der Waals surface area contributed by atoms with Gasteiger partial charge in [-0.15, -0.1) is 0 Å². The summed E-state index contributed by atoms with van der Waals surface area (Å²) >= 11 is 0. The SMILES string of the molecule is COC1CC(C(=O)O)N(C(=O)CC2CCC(C(F)(F)F)CC2)C1. The number of alkyl halides is 3. The molecule has 1 aliphatic carbocycles. The molecule has 0 spiro atoms. The Morgan fingerprint density at radius 1 is 1.22 bits per heavy atom. The molecule has 2 fully saturated rings. The van der Waals surface area contributed by atoms with Crippen molar-refractivity contribution in [2.45, 2.75) is 56.8 Å². The van der Waals surface area contributed by atoms with Gasteiger partial charge in [-0.3, -0.25) is 4.79 Å². The highest BCUT2D eigenvalue weighted by Crippen LogP contribution is 2.40. The molecule has 1 saturated carbocycles. The molecule has 0 radical (unpaired) electrons. The van der Waals surface area contributed by atoms with Gasteiger partial charge in [0.05, 0.1) is 12.0 Å². The normalized spacial score (nSPS) is 32.1. The minimum absolute atomic E-state index is 0.0461. The fourth-order valence-corrected chi connectivity index (χ4v) is 3.54. The first-order valence-corrected chi connectivity index (χ1v) is 7.84. The summed E-state index contributed by atoms with van der Waals surface area (Å²) in [4.78, 5) is 24.9. The van der Waals surface area contributed by atoms with Crippen LogP contribution in [0.1, 0.15) is 38.5 Å². The molecule has 2 rings (SSSR count). The number of halogens is 3. The van der Waals surface area contributed by atoms with Crippen LogP contribution in [0.2, 0.25) is 0 Å². The number of amides is 1. The van der Waals surface area contributed by atoms with Crippen molar-refractivity contribution in [3.05, 3.63) is 0 Å². The standard InChI is InChI=1S/C15H22F3NO4/c1-23-11-7-12(14(21)22)19(8-11)13(20)6-9-2-4-10(5-3-9)15(16,17)18/h9-12H,2-8H2,1H3,(H,21,22). The van der Waals surface area contributed by atoms with Crippen LogP contribution in [0.4, 0.5) is 13.2 Å². The van der Waals surface area contributed by atoms with E-state index in [1.807, 2.05) is 0 Å². The number of carbonyl (C=O) groups excluding carboxylic acids is 1. The Balaban J connectivity index is 1.88. The molecule has 8 heteroatoms. The lowest BCUT2D eigenvalue weighted by molar-refractivity contribution is -0.184. The van der Waals surface area contributed by atoms with E-state index in [0.717, 1.165) is 0 Å². The summed E-state index contributed by atoms with van der Waals surface area (Å²) < 4.78 is 43.1. The Labute approximate surface area is 132 Å². The van der Waals surface area contributed by atoms with Crippen LogP contribution in [-0.2, 0) is 14.3 Å². The van der Waals surface area contributed by atoms with Gasteiger partial charge in [0.1, 0.15) is 6.04 Å². The molecule has 2 aliphatic rings. The molecule has 23 heavy (non-hydrogen) atoms. The number of nitrogens with zero attached hydrogens (tertiary/aromatic N) is 1. The van der Waals surface area contributed by atoms with Crippen LogP contribution in [0.5, 0.6) is 0 Å². The van der Waals surface area contributed by atoms with Gasteiger partial charge >= 0.3 is 12.1 Å². The van der Waals surface area contributed by atoms with E-state index >= 15 is 0 Å². The maximum absolute atomic E-state index is 12.6. The average molecular weight is 337 g/mol. The Morgan fingerprint density at radius 3 is 2.30 bits per heavy atom. The van der Waals surface area contributed by atoms with Gasteiger partial charge < -0.3 is 14.7 Å². The first kappa shape index (κ1) is 18.0. The molecule has 0 bridgehead atoms. The van der Waals surface area contributed by atoms with Gasteiger partial charge in [0.15, 0.2) is 0 Å². The van der Waals surface area contributed by atoms with Gasteiger partial charge in [-0.2, -0.15) is 13.2 Å². The second-order valence-corrected chi connectivity index (χ2v) is 6.46. The fourth-order valence-electron chi connectivity index (χ4n) is 3.54. The average Bonchev–Trinajstić information content (AvgIpc) is 2.91. The smallest absolute Gasteiger partial charge is 0.391 e. The topological polar surface area (TPSA) is 66.8 Å². The molecule has 1 N–H and O–H groups in total. The van der Waals surface area contributed by atoms with Gasteiger partial charge in [0.25, 0.3) is 0 Å². The van der Waals surface area contributed by atoms with Gasteiger partial charge in [-0.05, 0) is 31.6 Å². The molecule has 0 aromatic heterocycles. The van der Waals surface area contributed by atoms with E-state index in [9.17, 15) is 27.9 Å². The maximum Gasteiger partial charge on any atom is 0.391 e. The number of carboxylic acid groups (broad SMARTS) is 1. The van der Waals surface area contributed by atoms with E-state index in [4.69, 9.17) is 4.74 Å².